The van der Waals surface area contributed by atoms with Crippen LogP contribution in [-0.4, -0.2) is 43.8 Å². The third kappa shape index (κ3) is 4.06. The van der Waals surface area contributed by atoms with Crippen LogP contribution in [0.25, 0.3) is 0 Å². The first kappa shape index (κ1) is 21.4. The lowest BCUT2D eigenvalue weighted by molar-refractivity contribution is -0.119. The van der Waals surface area contributed by atoms with Crippen molar-refractivity contribution in [3.8, 4) is 6.07 Å². The lowest BCUT2D eigenvalue weighted by Gasteiger charge is -2.22. The van der Waals surface area contributed by atoms with Crippen LogP contribution in [0.4, 0.5) is 5.00 Å². The Morgan fingerprint density at radius 1 is 1.45 bits per heavy atom. The topological polar surface area (TPSA) is 117 Å². The van der Waals surface area contributed by atoms with Crippen LogP contribution >= 0.6 is 22.7 Å². The first-order valence-electron chi connectivity index (χ1n) is 8.88. The van der Waals surface area contributed by atoms with Crippen molar-refractivity contribution in [3.05, 3.63) is 33.5 Å². The van der Waals surface area contributed by atoms with Crippen LogP contribution in [0.5, 0.6) is 0 Å². The van der Waals surface area contributed by atoms with Gasteiger partial charge in [-0.3, -0.25) is 4.79 Å². The molecule has 1 unspecified atom stereocenters. The number of carbonyl (C=O) groups excluding carboxylic acids is 2. The van der Waals surface area contributed by atoms with E-state index in [-0.39, 0.29) is 32.8 Å². The molecule has 2 aromatic rings. The minimum Gasteiger partial charge on any atom is -0.462 e. The smallest absolute Gasteiger partial charge is 0.348 e. The van der Waals surface area contributed by atoms with Gasteiger partial charge in [0.25, 0.3) is 10.0 Å². The summed E-state index contributed by atoms with van der Waals surface area (Å²) >= 11 is 2.06. The van der Waals surface area contributed by atoms with Crippen LogP contribution in [0.1, 0.15) is 40.6 Å². The second-order valence-electron chi connectivity index (χ2n) is 6.29. The van der Waals surface area contributed by atoms with Crippen LogP contribution in [0.3, 0.4) is 0 Å². The summed E-state index contributed by atoms with van der Waals surface area (Å²) in [5, 5.41) is 14.0. The average Bonchev–Trinajstić information content (AvgIpc) is 3.42. The Morgan fingerprint density at radius 2 is 2.21 bits per heavy atom. The number of sulfonamides is 1. The standard InChI is InChI=1S/C18H19N3O5S3/c1-3-26-18(23)15-11(2)12(10-19)17(28-15)20-16(22)13-6-4-8-21(13)29(24,25)14-7-5-9-27-14/h5,7,9,13H,3-4,6,8H2,1-2H3,(H,20,22). The molecule has 3 rings (SSSR count). The quantitative estimate of drug-likeness (QED) is 0.672. The number of esters is 1. The minimum atomic E-state index is -3.77. The largest absolute Gasteiger partial charge is 0.462 e. The predicted octanol–water partition coefficient (Wildman–Crippen LogP) is 2.96. The van der Waals surface area contributed by atoms with Gasteiger partial charge < -0.3 is 10.1 Å². The number of carbonyl (C=O) groups is 2. The molecule has 1 saturated heterocycles. The highest BCUT2D eigenvalue weighted by molar-refractivity contribution is 7.91. The Balaban J connectivity index is 1.86. The third-order valence-electron chi connectivity index (χ3n) is 4.52. The van der Waals surface area contributed by atoms with Gasteiger partial charge in [0.1, 0.15) is 26.2 Å². The highest BCUT2D eigenvalue weighted by Gasteiger charge is 2.40. The van der Waals surface area contributed by atoms with Crippen LogP contribution in [-0.2, 0) is 19.6 Å². The Labute approximate surface area is 176 Å². The van der Waals surface area contributed by atoms with E-state index in [9.17, 15) is 23.3 Å². The summed E-state index contributed by atoms with van der Waals surface area (Å²) in [6.07, 6.45) is 0.943. The van der Waals surface area contributed by atoms with Crippen molar-refractivity contribution in [3.63, 3.8) is 0 Å². The molecule has 0 spiro atoms. The van der Waals surface area contributed by atoms with E-state index in [0.29, 0.717) is 18.4 Å². The van der Waals surface area contributed by atoms with Crippen LogP contribution < -0.4 is 5.32 Å². The summed E-state index contributed by atoms with van der Waals surface area (Å²) in [5.74, 6) is -1.08. The molecule has 154 valence electrons. The molecule has 8 nitrogen and oxygen atoms in total. The molecule has 0 saturated carbocycles. The van der Waals surface area contributed by atoms with Crippen molar-refractivity contribution in [1.82, 2.24) is 4.31 Å². The number of ether oxygens (including phenoxy) is 1. The van der Waals surface area contributed by atoms with Crippen molar-refractivity contribution in [1.29, 1.82) is 5.26 Å². The lowest BCUT2D eigenvalue weighted by Crippen LogP contribution is -2.42. The molecule has 1 N–H and O–H groups in total. The Hall–Kier alpha value is -2.26. The molecular formula is C18H19N3O5S3. The van der Waals surface area contributed by atoms with Crippen LogP contribution in [0.2, 0.25) is 0 Å². The van der Waals surface area contributed by atoms with Gasteiger partial charge in [-0.1, -0.05) is 6.07 Å². The molecule has 29 heavy (non-hydrogen) atoms. The molecule has 0 bridgehead atoms. The normalized spacial score (nSPS) is 17.1. The molecular weight excluding hydrogens is 434 g/mol. The lowest BCUT2D eigenvalue weighted by atomic mass is 10.1. The first-order chi connectivity index (χ1) is 13.8. The summed E-state index contributed by atoms with van der Waals surface area (Å²) in [6, 6.07) is 4.28. The summed E-state index contributed by atoms with van der Waals surface area (Å²) in [5.41, 5.74) is 0.609. The molecule has 2 aromatic heterocycles. The summed E-state index contributed by atoms with van der Waals surface area (Å²) in [4.78, 5) is 25.2. The maximum Gasteiger partial charge on any atom is 0.348 e. The number of anilines is 1. The molecule has 1 atom stereocenters. The molecule has 1 fully saturated rings. The molecule has 0 aliphatic carbocycles. The van der Waals surface area contributed by atoms with E-state index in [1.165, 1.54) is 10.4 Å². The zero-order valence-corrected chi connectivity index (χ0v) is 18.2. The minimum absolute atomic E-state index is 0.178. The molecule has 3 heterocycles. The van der Waals surface area contributed by atoms with Crippen molar-refractivity contribution >= 4 is 49.6 Å². The number of nitrogens with one attached hydrogen (secondary N) is 1. The van der Waals surface area contributed by atoms with Crippen molar-refractivity contribution in [2.45, 2.75) is 36.9 Å². The van der Waals surface area contributed by atoms with Gasteiger partial charge in [0.15, 0.2) is 0 Å². The summed E-state index contributed by atoms with van der Waals surface area (Å²) in [7, 11) is -3.77. The highest BCUT2D eigenvalue weighted by Crippen LogP contribution is 2.34. The van der Waals surface area contributed by atoms with E-state index in [2.05, 4.69) is 5.32 Å². The average molecular weight is 454 g/mol. The summed E-state index contributed by atoms with van der Waals surface area (Å²) < 4.78 is 32.1. The Bertz CT molecular complexity index is 1070. The van der Waals surface area contributed by atoms with E-state index in [1.807, 2.05) is 6.07 Å². The Morgan fingerprint density at radius 3 is 2.83 bits per heavy atom. The van der Waals surface area contributed by atoms with Gasteiger partial charge in [-0.25, -0.2) is 13.2 Å². The van der Waals surface area contributed by atoms with Gasteiger partial charge in [0, 0.05) is 6.54 Å². The number of hydrogen-bond donors (Lipinski definition) is 1. The summed E-state index contributed by atoms with van der Waals surface area (Å²) in [6.45, 7) is 3.73. The molecule has 0 radical (unpaired) electrons. The fourth-order valence-electron chi connectivity index (χ4n) is 3.14. The molecule has 1 aliphatic heterocycles. The number of thiophene rings is 2. The SMILES string of the molecule is CCOC(=O)c1sc(NC(=O)C2CCCN2S(=O)(=O)c2cccs2)c(C#N)c1C. The molecule has 1 amide bonds. The van der Waals surface area contributed by atoms with E-state index in [1.54, 1.807) is 25.3 Å². The van der Waals surface area contributed by atoms with E-state index in [4.69, 9.17) is 4.74 Å². The second kappa shape index (κ2) is 8.62. The third-order valence-corrected chi connectivity index (χ3v) is 8.99. The second-order valence-corrected chi connectivity index (χ2v) is 10.4. The van der Waals surface area contributed by atoms with Crippen LogP contribution in [0.15, 0.2) is 21.7 Å². The molecule has 1 aliphatic rings. The molecule has 0 aromatic carbocycles. The fourth-order valence-corrected chi connectivity index (χ4v) is 6.97. The van der Waals surface area contributed by atoms with Gasteiger partial charge in [-0.15, -0.1) is 22.7 Å². The zero-order valence-electron chi connectivity index (χ0n) is 15.8. The number of nitrogens with zero attached hydrogens (tertiary/aromatic N) is 2. The van der Waals surface area contributed by atoms with Gasteiger partial charge in [0.05, 0.1) is 12.2 Å². The number of hydrogen-bond acceptors (Lipinski definition) is 8. The first-order valence-corrected chi connectivity index (χ1v) is 12.0. The molecule has 11 heteroatoms. The number of nitriles is 1. The maximum absolute atomic E-state index is 12.9. The van der Waals surface area contributed by atoms with Gasteiger partial charge in [0.2, 0.25) is 5.91 Å². The van der Waals surface area contributed by atoms with E-state index in [0.717, 1.165) is 22.7 Å². The van der Waals surface area contributed by atoms with E-state index >= 15 is 0 Å². The van der Waals surface area contributed by atoms with Gasteiger partial charge in [-0.2, -0.15) is 9.57 Å². The van der Waals surface area contributed by atoms with Crippen LogP contribution in [0, 0.1) is 18.3 Å². The van der Waals surface area contributed by atoms with Crippen molar-refractivity contribution < 1.29 is 22.7 Å². The zero-order chi connectivity index (χ0) is 21.2. The van der Waals surface area contributed by atoms with Gasteiger partial charge in [-0.05, 0) is 43.7 Å². The fraction of sp³-hybridized carbons (Fsp3) is 0.389. The van der Waals surface area contributed by atoms with Crippen molar-refractivity contribution in [2.24, 2.45) is 0 Å². The predicted molar refractivity (Wildman–Crippen MR) is 110 cm³/mol. The van der Waals surface area contributed by atoms with Crippen molar-refractivity contribution in [2.75, 3.05) is 18.5 Å². The monoisotopic (exact) mass is 453 g/mol. The highest BCUT2D eigenvalue weighted by atomic mass is 32.2. The maximum atomic E-state index is 12.9. The van der Waals surface area contributed by atoms with E-state index < -0.39 is 27.9 Å². The van der Waals surface area contributed by atoms with Gasteiger partial charge >= 0.3 is 5.97 Å². The Kier molecular flexibility index (Phi) is 6.38. The number of amides is 1. The number of rotatable bonds is 6.